The van der Waals surface area contributed by atoms with Gasteiger partial charge in [-0.3, -0.25) is 4.79 Å². The van der Waals surface area contributed by atoms with Gasteiger partial charge in [0.15, 0.2) is 11.5 Å². The van der Waals surface area contributed by atoms with Crippen molar-refractivity contribution in [2.75, 3.05) is 13.2 Å². The molecule has 0 bridgehead atoms. The Hall–Kier alpha value is -3.28. The van der Waals surface area contributed by atoms with Gasteiger partial charge in [0.2, 0.25) is 11.8 Å². The van der Waals surface area contributed by atoms with E-state index >= 15 is 0 Å². The first kappa shape index (κ1) is 17.1. The lowest BCUT2D eigenvalue weighted by Crippen LogP contribution is -2.28. The minimum Gasteiger partial charge on any atom is -0.486 e. The summed E-state index contributed by atoms with van der Waals surface area (Å²) < 4.78 is 16.6. The first-order valence-corrected chi connectivity index (χ1v) is 8.88. The van der Waals surface area contributed by atoms with Crippen molar-refractivity contribution < 1.29 is 18.7 Å². The molecule has 1 aromatic heterocycles. The van der Waals surface area contributed by atoms with Crippen LogP contribution in [0.4, 0.5) is 0 Å². The van der Waals surface area contributed by atoms with E-state index in [0.29, 0.717) is 30.5 Å². The van der Waals surface area contributed by atoms with E-state index in [0.717, 1.165) is 16.9 Å². The van der Waals surface area contributed by atoms with Gasteiger partial charge in [0.05, 0.1) is 18.2 Å². The maximum Gasteiger partial charge on any atom is 0.226 e. The zero-order valence-electron chi connectivity index (χ0n) is 15.0. The monoisotopic (exact) mass is 364 g/mol. The standard InChI is InChI=1S/C21H20N2O4/c1-14(16-7-8-18-19(11-16)26-10-9-25-18)22-20(24)12-17-13-27-21(23-17)15-5-3-2-4-6-15/h2-8,11,13-14H,9-10,12H2,1H3,(H,22,24)/t14-/m0/s1. The first-order chi connectivity index (χ1) is 13.2. The van der Waals surface area contributed by atoms with Crippen LogP contribution in [0.5, 0.6) is 11.5 Å². The molecule has 0 fully saturated rings. The van der Waals surface area contributed by atoms with Gasteiger partial charge in [0.25, 0.3) is 0 Å². The van der Waals surface area contributed by atoms with Crippen LogP contribution in [0.25, 0.3) is 11.5 Å². The highest BCUT2D eigenvalue weighted by Crippen LogP contribution is 2.32. The van der Waals surface area contributed by atoms with Gasteiger partial charge in [-0.1, -0.05) is 24.3 Å². The van der Waals surface area contributed by atoms with E-state index in [1.807, 2.05) is 55.5 Å². The smallest absolute Gasteiger partial charge is 0.226 e. The van der Waals surface area contributed by atoms with Gasteiger partial charge < -0.3 is 19.2 Å². The number of fused-ring (bicyclic) bond motifs is 1. The molecule has 2 heterocycles. The average molecular weight is 364 g/mol. The number of aromatic nitrogens is 1. The predicted molar refractivity (Wildman–Crippen MR) is 99.6 cm³/mol. The van der Waals surface area contributed by atoms with Crippen LogP contribution in [-0.2, 0) is 11.2 Å². The van der Waals surface area contributed by atoms with Crippen molar-refractivity contribution in [3.63, 3.8) is 0 Å². The van der Waals surface area contributed by atoms with Gasteiger partial charge in [-0.25, -0.2) is 4.98 Å². The Morgan fingerprint density at radius 2 is 1.89 bits per heavy atom. The van der Waals surface area contributed by atoms with E-state index in [-0.39, 0.29) is 18.4 Å². The Balaban J connectivity index is 1.39. The molecule has 0 unspecified atom stereocenters. The number of nitrogens with zero attached hydrogens (tertiary/aromatic N) is 1. The third kappa shape index (κ3) is 3.95. The Kier molecular flexibility index (Phi) is 4.78. The molecule has 1 aliphatic rings. The van der Waals surface area contributed by atoms with Gasteiger partial charge in [0, 0.05) is 5.56 Å². The third-order valence-electron chi connectivity index (χ3n) is 4.36. The largest absolute Gasteiger partial charge is 0.486 e. The molecule has 1 N–H and O–H groups in total. The molecule has 1 amide bonds. The second kappa shape index (κ2) is 7.53. The van der Waals surface area contributed by atoms with Crippen molar-refractivity contribution >= 4 is 5.91 Å². The summed E-state index contributed by atoms with van der Waals surface area (Å²) in [5.74, 6) is 1.84. The summed E-state index contributed by atoms with van der Waals surface area (Å²) in [6, 6.07) is 15.1. The number of ether oxygens (including phenoxy) is 2. The summed E-state index contributed by atoms with van der Waals surface area (Å²) in [6.45, 7) is 3.02. The lowest BCUT2D eigenvalue weighted by atomic mass is 10.1. The molecule has 6 nitrogen and oxygen atoms in total. The van der Waals surface area contributed by atoms with Crippen LogP contribution in [0.15, 0.2) is 59.2 Å². The van der Waals surface area contributed by atoms with Crippen LogP contribution in [0, 0.1) is 0 Å². The number of benzene rings is 2. The normalized spacial score (nSPS) is 13.8. The van der Waals surface area contributed by atoms with Crippen molar-refractivity contribution in [1.29, 1.82) is 0 Å². The molecule has 27 heavy (non-hydrogen) atoms. The van der Waals surface area contributed by atoms with E-state index in [9.17, 15) is 4.79 Å². The molecule has 6 heteroatoms. The van der Waals surface area contributed by atoms with Crippen molar-refractivity contribution in [2.24, 2.45) is 0 Å². The molecule has 0 aliphatic carbocycles. The first-order valence-electron chi connectivity index (χ1n) is 8.88. The summed E-state index contributed by atoms with van der Waals surface area (Å²) in [7, 11) is 0. The van der Waals surface area contributed by atoms with Crippen molar-refractivity contribution in [1.82, 2.24) is 10.3 Å². The summed E-state index contributed by atoms with van der Waals surface area (Å²) in [6.07, 6.45) is 1.68. The van der Waals surface area contributed by atoms with E-state index in [1.54, 1.807) is 0 Å². The van der Waals surface area contributed by atoms with Crippen molar-refractivity contribution in [3.05, 3.63) is 66.1 Å². The topological polar surface area (TPSA) is 73.6 Å². The Labute approximate surface area is 157 Å². The highest BCUT2D eigenvalue weighted by Gasteiger charge is 2.17. The van der Waals surface area contributed by atoms with Crippen LogP contribution in [-0.4, -0.2) is 24.1 Å². The number of hydrogen-bond donors (Lipinski definition) is 1. The van der Waals surface area contributed by atoms with Gasteiger partial charge in [0.1, 0.15) is 19.5 Å². The molecule has 0 spiro atoms. The number of carbonyl (C=O) groups excluding carboxylic acids is 1. The molecule has 0 saturated carbocycles. The van der Waals surface area contributed by atoms with E-state index < -0.39 is 0 Å². The molecule has 0 radical (unpaired) electrons. The second-order valence-corrected chi connectivity index (χ2v) is 6.38. The molecule has 3 aromatic rings. The number of rotatable bonds is 5. The summed E-state index contributed by atoms with van der Waals surface area (Å²) in [5.41, 5.74) is 2.44. The fourth-order valence-electron chi connectivity index (χ4n) is 2.97. The zero-order chi connectivity index (χ0) is 18.6. The summed E-state index contributed by atoms with van der Waals surface area (Å²) >= 11 is 0. The van der Waals surface area contributed by atoms with Crippen LogP contribution in [0.1, 0.15) is 24.2 Å². The Bertz CT molecular complexity index is 936. The lowest BCUT2D eigenvalue weighted by molar-refractivity contribution is -0.121. The molecule has 1 atom stereocenters. The van der Waals surface area contributed by atoms with Crippen LogP contribution in [0.3, 0.4) is 0 Å². The van der Waals surface area contributed by atoms with E-state index in [4.69, 9.17) is 13.9 Å². The lowest BCUT2D eigenvalue weighted by Gasteiger charge is -2.21. The molecule has 138 valence electrons. The molecule has 0 saturated heterocycles. The average Bonchev–Trinajstić information content (AvgIpc) is 3.16. The highest BCUT2D eigenvalue weighted by molar-refractivity contribution is 5.78. The predicted octanol–water partition coefficient (Wildman–Crippen LogP) is 3.53. The molecule has 1 aliphatic heterocycles. The number of nitrogens with one attached hydrogen (secondary N) is 1. The number of amides is 1. The molecule has 4 rings (SSSR count). The zero-order valence-corrected chi connectivity index (χ0v) is 15.0. The van der Waals surface area contributed by atoms with Gasteiger partial charge in [-0.2, -0.15) is 0 Å². The maximum atomic E-state index is 12.4. The van der Waals surface area contributed by atoms with Crippen molar-refractivity contribution in [2.45, 2.75) is 19.4 Å². The number of carbonyl (C=O) groups is 1. The Morgan fingerprint density at radius 1 is 1.11 bits per heavy atom. The SMILES string of the molecule is C[C@H](NC(=O)Cc1coc(-c2ccccc2)n1)c1ccc2c(c1)OCCO2. The van der Waals surface area contributed by atoms with E-state index in [2.05, 4.69) is 10.3 Å². The quantitative estimate of drug-likeness (QED) is 0.750. The van der Waals surface area contributed by atoms with Crippen LogP contribution < -0.4 is 14.8 Å². The van der Waals surface area contributed by atoms with Crippen LogP contribution >= 0.6 is 0 Å². The van der Waals surface area contributed by atoms with Gasteiger partial charge >= 0.3 is 0 Å². The second-order valence-electron chi connectivity index (χ2n) is 6.38. The minimum atomic E-state index is -0.158. The van der Waals surface area contributed by atoms with E-state index in [1.165, 1.54) is 6.26 Å². The van der Waals surface area contributed by atoms with Gasteiger partial charge in [-0.05, 0) is 36.8 Å². The fraction of sp³-hybridized carbons (Fsp3) is 0.238. The number of oxazole rings is 1. The maximum absolute atomic E-state index is 12.4. The van der Waals surface area contributed by atoms with Crippen molar-refractivity contribution in [3.8, 4) is 23.0 Å². The summed E-state index contributed by atoms with van der Waals surface area (Å²) in [5, 5.41) is 2.98. The molecular formula is C21H20N2O4. The molecule has 2 aromatic carbocycles. The highest BCUT2D eigenvalue weighted by atomic mass is 16.6. The summed E-state index contributed by atoms with van der Waals surface area (Å²) in [4.78, 5) is 16.8. The third-order valence-corrected chi connectivity index (χ3v) is 4.36. The number of hydrogen-bond acceptors (Lipinski definition) is 5. The van der Waals surface area contributed by atoms with Crippen LogP contribution in [0.2, 0.25) is 0 Å². The van der Waals surface area contributed by atoms with Gasteiger partial charge in [-0.15, -0.1) is 0 Å². The fourth-order valence-corrected chi connectivity index (χ4v) is 2.97. The Morgan fingerprint density at radius 3 is 2.70 bits per heavy atom. The molecular weight excluding hydrogens is 344 g/mol. The minimum absolute atomic E-state index is 0.120.